The van der Waals surface area contributed by atoms with Crippen LogP contribution in [0.25, 0.3) is 23.1 Å². The van der Waals surface area contributed by atoms with Crippen LogP contribution in [0.3, 0.4) is 0 Å². The highest BCUT2D eigenvalue weighted by molar-refractivity contribution is 5.91. The SMILES string of the molecule is Cn1nc(/C=C/c2ccc(F)cc2)c2cc([N+](=O)[O-])c(F)cc21. The number of nitro benzene ring substituents is 1. The molecule has 116 valence electrons. The Morgan fingerprint density at radius 3 is 2.52 bits per heavy atom. The summed E-state index contributed by atoms with van der Waals surface area (Å²) >= 11 is 0. The van der Waals surface area contributed by atoms with Crippen molar-refractivity contribution < 1.29 is 13.7 Å². The number of benzene rings is 2. The normalized spacial score (nSPS) is 11.4. The monoisotopic (exact) mass is 315 g/mol. The van der Waals surface area contributed by atoms with Crippen molar-refractivity contribution in [2.24, 2.45) is 7.05 Å². The van der Waals surface area contributed by atoms with E-state index in [1.54, 1.807) is 31.3 Å². The second kappa shape index (κ2) is 5.60. The molecule has 5 nitrogen and oxygen atoms in total. The Morgan fingerprint density at radius 1 is 1.17 bits per heavy atom. The quantitative estimate of drug-likeness (QED) is 0.543. The zero-order chi connectivity index (χ0) is 16.6. The van der Waals surface area contributed by atoms with Crippen LogP contribution < -0.4 is 0 Å². The predicted octanol–water partition coefficient (Wildman–Crippen LogP) is 3.93. The summed E-state index contributed by atoms with van der Waals surface area (Å²) in [6, 6.07) is 8.11. The molecule has 0 fully saturated rings. The lowest BCUT2D eigenvalue weighted by Crippen LogP contribution is -1.94. The number of fused-ring (bicyclic) bond motifs is 1. The van der Waals surface area contributed by atoms with Crippen LogP contribution in [0.5, 0.6) is 0 Å². The van der Waals surface area contributed by atoms with Crippen molar-refractivity contribution in [3.8, 4) is 0 Å². The Morgan fingerprint density at radius 2 is 1.87 bits per heavy atom. The Bertz CT molecular complexity index is 931. The maximum absolute atomic E-state index is 13.7. The number of halogens is 2. The Labute approximate surface area is 129 Å². The van der Waals surface area contributed by atoms with Crippen LogP contribution in [0.15, 0.2) is 36.4 Å². The van der Waals surface area contributed by atoms with Crippen LogP contribution in [0.1, 0.15) is 11.3 Å². The van der Waals surface area contributed by atoms with Crippen LogP contribution in [0.2, 0.25) is 0 Å². The van der Waals surface area contributed by atoms with E-state index in [1.807, 2.05) is 0 Å². The zero-order valence-corrected chi connectivity index (χ0v) is 12.0. The average molecular weight is 315 g/mol. The van der Waals surface area contributed by atoms with E-state index in [0.29, 0.717) is 16.6 Å². The number of nitro groups is 1. The first-order valence-electron chi connectivity index (χ1n) is 6.70. The number of aromatic nitrogens is 2. The van der Waals surface area contributed by atoms with E-state index in [4.69, 9.17) is 0 Å². The summed E-state index contributed by atoms with van der Waals surface area (Å²) in [7, 11) is 1.63. The maximum atomic E-state index is 13.7. The minimum Gasteiger partial charge on any atom is -0.267 e. The number of aryl methyl sites for hydroxylation is 1. The van der Waals surface area contributed by atoms with Gasteiger partial charge < -0.3 is 0 Å². The molecule has 0 N–H and O–H groups in total. The van der Waals surface area contributed by atoms with Gasteiger partial charge in [-0.05, 0) is 23.8 Å². The molecule has 23 heavy (non-hydrogen) atoms. The van der Waals surface area contributed by atoms with Gasteiger partial charge in [0.15, 0.2) is 0 Å². The van der Waals surface area contributed by atoms with Crippen molar-refractivity contribution >= 4 is 28.7 Å². The summed E-state index contributed by atoms with van der Waals surface area (Å²) in [6.45, 7) is 0. The molecule has 0 aliphatic heterocycles. The molecule has 0 saturated carbocycles. The topological polar surface area (TPSA) is 61.0 Å². The third kappa shape index (κ3) is 2.80. The van der Waals surface area contributed by atoms with Crippen LogP contribution >= 0.6 is 0 Å². The van der Waals surface area contributed by atoms with Gasteiger partial charge in [0.1, 0.15) is 5.82 Å². The lowest BCUT2D eigenvalue weighted by atomic mass is 10.1. The summed E-state index contributed by atoms with van der Waals surface area (Å²) in [4.78, 5) is 10.1. The fourth-order valence-electron chi connectivity index (χ4n) is 2.31. The largest absolute Gasteiger partial charge is 0.305 e. The van der Waals surface area contributed by atoms with Gasteiger partial charge in [-0.1, -0.05) is 18.2 Å². The van der Waals surface area contributed by atoms with Crippen molar-refractivity contribution in [1.82, 2.24) is 9.78 Å². The third-order valence-corrected chi connectivity index (χ3v) is 3.45. The predicted molar refractivity (Wildman–Crippen MR) is 82.7 cm³/mol. The van der Waals surface area contributed by atoms with Crippen molar-refractivity contribution in [1.29, 1.82) is 0 Å². The van der Waals surface area contributed by atoms with E-state index in [9.17, 15) is 18.9 Å². The molecule has 1 heterocycles. The van der Waals surface area contributed by atoms with Gasteiger partial charge in [0.2, 0.25) is 5.82 Å². The third-order valence-electron chi connectivity index (χ3n) is 3.45. The van der Waals surface area contributed by atoms with Gasteiger partial charge in [0, 0.05) is 24.6 Å². The van der Waals surface area contributed by atoms with Gasteiger partial charge >= 0.3 is 5.69 Å². The molecule has 0 unspecified atom stereocenters. The summed E-state index contributed by atoms with van der Waals surface area (Å²) in [5, 5.41) is 15.6. The molecular formula is C16H11F2N3O2. The highest BCUT2D eigenvalue weighted by Gasteiger charge is 2.18. The second-order valence-corrected chi connectivity index (χ2v) is 4.97. The molecule has 3 rings (SSSR count). The molecule has 3 aromatic rings. The Kier molecular flexibility index (Phi) is 3.61. The fourth-order valence-corrected chi connectivity index (χ4v) is 2.31. The molecule has 0 spiro atoms. The van der Waals surface area contributed by atoms with Gasteiger partial charge in [-0.3, -0.25) is 14.8 Å². The molecule has 7 heteroatoms. The molecule has 0 bridgehead atoms. The lowest BCUT2D eigenvalue weighted by molar-refractivity contribution is -0.387. The van der Waals surface area contributed by atoms with Gasteiger partial charge in [-0.25, -0.2) is 4.39 Å². The van der Waals surface area contributed by atoms with Gasteiger partial charge in [0.05, 0.1) is 16.1 Å². The van der Waals surface area contributed by atoms with Crippen LogP contribution in [-0.4, -0.2) is 14.7 Å². The van der Waals surface area contributed by atoms with Crippen LogP contribution in [0, 0.1) is 21.7 Å². The van der Waals surface area contributed by atoms with Crippen molar-refractivity contribution in [2.75, 3.05) is 0 Å². The molecule has 0 atom stereocenters. The zero-order valence-electron chi connectivity index (χ0n) is 12.0. The number of nitrogens with zero attached hydrogens (tertiary/aromatic N) is 3. The molecule has 0 radical (unpaired) electrons. The lowest BCUT2D eigenvalue weighted by Gasteiger charge is -1.96. The smallest absolute Gasteiger partial charge is 0.267 e. The standard InChI is InChI=1S/C16H11F2N3O2/c1-20-15-9-13(18)16(21(22)23)8-12(15)14(19-20)7-4-10-2-5-11(17)6-3-10/h2-9H,1H3/b7-4+. The maximum Gasteiger partial charge on any atom is 0.305 e. The summed E-state index contributed by atoms with van der Waals surface area (Å²) in [6.07, 6.45) is 3.35. The van der Waals surface area contributed by atoms with Crippen LogP contribution in [0.4, 0.5) is 14.5 Å². The first-order chi connectivity index (χ1) is 11.0. The minimum atomic E-state index is -0.903. The highest BCUT2D eigenvalue weighted by Crippen LogP contribution is 2.27. The van der Waals surface area contributed by atoms with Gasteiger partial charge in [-0.2, -0.15) is 9.49 Å². The number of hydrogen-bond acceptors (Lipinski definition) is 3. The molecule has 0 amide bonds. The van der Waals surface area contributed by atoms with E-state index in [2.05, 4.69) is 5.10 Å². The van der Waals surface area contributed by atoms with Crippen LogP contribution in [-0.2, 0) is 7.05 Å². The fraction of sp³-hybridized carbons (Fsp3) is 0.0625. The van der Waals surface area contributed by atoms with Gasteiger partial charge in [-0.15, -0.1) is 0 Å². The Hall–Kier alpha value is -3.09. The number of rotatable bonds is 3. The molecule has 0 saturated heterocycles. The van der Waals surface area contributed by atoms with Gasteiger partial charge in [0.25, 0.3) is 0 Å². The second-order valence-electron chi connectivity index (χ2n) is 4.97. The van der Waals surface area contributed by atoms with E-state index < -0.39 is 16.4 Å². The van der Waals surface area contributed by atoms with E-state index in [-0.39, 0.29) is 5.82 Å². The molecule has 0 aliphatic rings. The summed E-state index contributed by atoms with van der Waals surface area (Å²) in [5.74, 6) is -1.24. The summed E-state index contributed by atoms with van der Waals surface area (Å²) in [5.41, 5.74) is 1.07. The molecular weight excluding hydrogens is 304 g/mol. The summed E-state index contributed by atoms with van der Waals surface area (Å²) < 4.78 is 28.0. The minimum absolute atomic E-state index is 0.337. The highest BCUT2D eigenvalue weighted by atomic mass is 19.1. The first-order valence-corrected chi connectivity index (χ1v) is 6.70. The molecule has 2 aromatic carbocycles. The first kappa shape index (κ1) is 14.8. The van der Waals surface area contributed by atoms with Crippen molar-refractivity contribution in [3.05, 3.63) is 69.4 Å². The van der Waals surface area contributed by atoms with Crippen molar-refractivity contribution in [2.45, 2.75) is 0 Å². The molecule has 1 aromatic heterocycles. The molecule has 0 aliphatic carbocycles. The van der Waals surface area contributed by atoms with Crippen molar-refractivity contribution in [3.63, 3.8) is 0 Å². The van der Waals surface area contributed by atoms with E-state index in [1.165, 1.54) is 22.9 Å². The van der Waals surface area contributed by atoms with E-state index in [0.717, 1.165) is 11.6 Å². The number of hydrogen-bond donors (Lipinski definition) is 0. The Balaban J connectivity index is 2.08. The van der Waals surface area contributed by atoms with E-state index >= 15 is 0 Å². The average Bonchev–Trinajstić information content (AvgIpc) is 2.81.